The minimum Gasteiger partial charge on any atom is -0.480 e. The van der Waals surface area contributed by atoms with Crippen molar-refractivity contribution in [2.75, 3.05) is 5.75 Å². The average molecular weight is 454 g/mol. The molecule has 0 radical (unpaired) electrons. The average Bonchev–Trinajstić information content (AvgIpc) is 2.71. The summed E-state index contributed by atoms with van der Waals surface area (Å²) in [5.74, 6) is -4.64. The van der Waals surface area contributed by atoms with E-state index in [9.17, 15) is 24.0 Å². The van der Waals surface area contributed by atoms with Crippen molar-refractivity contribution in [2.45, 2.75) is 43.9 Å². The van der Waals surface area contributed by atoms with E-state index in [4.69, 9.17) is 16.6 Å². The highest BCUT2D eigenvalue weighted by Gasteiger charge is 2.28. The molecule has 0 aliphatic heterocycles. The summed E-state index contributed by atoms with van der Waals surface area (Å²) in [5.41, 5.74) is 11.7. The molecule has 4 unspecified atom stereocenters. The summed E-state index contributed by atoms with van der Waals surface area (Å²) in [6.07, 6.45) is -0.334. The molecule has 0 aliphatic carbocycles. The van der Waals surface area contributed by atoms with Crippen molar-refractivity contribution < 1.29 is 29.1 Å². The van der Waals surface area contributed by atoms with Gasteiger partial charge in [-0.25, -0.2) is 4.79 Å². The van der Waals surface area contributed by atoms with Crippen molar-refractivity contribution in [2.24, 2.45) is 11.5 Å². The number of aliphatic carboxylic acids is 1. The van der Waals surface area contributed by atoms with Crippen molar-refractivity contribution >= 4 is 42.2 Å². The van der Waals surface area contributed by atoms with E-state index in [1.807, 2.05) is 30.3 Å². The molecule has 1 rings (SSSR count). The van der Waals surface area contributed by atoms with E-state index in [1.54, 1.807) is 0 Å². The van der Waals surface area contributed by atoms with Gasteiger partial charge in [0.25, 0.3) is 0 Å². The number of hydrogen-bond donors (Lipinski definition) is 7. The van der Waals surface area contributed by atoms with Gasteiger partial charge in [-0.15, -0.1) is 0 Å². The van der Waals surface area contributed by atoms with Crippen molar-refractivity contribution in [1.82, 2.24) is 16.0 Å². The first-order valence-corrected chi connectivity index (χ1v) is 10.0. The second-order valence-electron chi connectivity index (χ2n) is 6.84. The highest BCUT2D eigenvalue weighted by molar-refractivity contribution is 7.80. The third kappa shape index (κ3) is 9.05. The fourth-order valence-corrected chi connectivity index (χ4v) is 2.77. The number of nitrogens with one attached hydrogen (secondary N) is 3. The minimum atomic E-state index is -1.54. The largest absolute Gasteiger partial charge is 0.480 e. The maximum Gasteiger partial charge on any atom is 0.326 e. The molecule has 1 aromatic carbocycles. The zero-order chi connectivity index (χ0) is 23.6. The molecule has 11 nitrogen and oxygen atoms in total. The molecular weight excluding hydrogens is 426 g/mol. The molecule has 0 spiro atoms. The lowest BCUT2D eigenvalue weighted by Crippen LogP contribution is -2.57. The smallest absolute Gasteiger partial charge is 0.326 e. The van der Waals surface area contributed by atoms with Crippen LogP contribution < -0.4 is 27.4 Å². The molecule has 0 heterocycles. The van der Waals surface area contributed by atoms with E-state index in [0.29, 0.717) is 0 Å². The van der Waals surface area contributed by atoms with Gasteiger partial charge in [-0.1, -0.05) is 30.3 Å². The van der Waals surface area contributed by atoms with E-state index < -0.39 is 60.2 Å². The molecule has 170 valence electrons. The van der Waals surface area contributed by atoms with Crippen LogP contribution in [-0.2, 0) is 30.4 Å². The number of rotatable bonds is 12. The number of carbonyl (C=O) groups is 5. The van der Waals surface area contributed by atoms with Gasteiger partial charge in [0, 0.05) is 5.75 Å². The molecule has 4 atom stereocenters. The van der Waals surface area contributed by atoms with Crippen LogP contribution in [0.2, 0.25) is 0 Å². The molecule has 31 heavy (non-hydrogen) atoms. The number of amides is 4. The van der Waals surface area contributed by atoms with E-state index >= 15 is 0 Å². The van der Waals surface area contributed by atoms with E-state index in [0.717, 1.165) is 5.56 Å². The van der Waals surface area contributed by atoms with Gasteiger partial charge in [0.2, 0.25) is 23.6 Å². The zero-order valence-corrected chi connectivity index (χ0v) is 17.8. The van der Waals surface area contributed by atoms with Gasteiger partial charge in [-0.2, -0.15) is 12.6 Å². The predicted octanol–water partition coefficient (Wildman–Crippen LogP) is -2.08. The maximum atomic E-state index is 12.4. The summed E-state index contributed by atoms with van der Waals surface area (Å²) in [6, 6.07) is 4.46. The molecule has 0 bridgehead atoms. The van der Waals surface area contributed by atoms with Gasteiger partial charge >= 0.3 is 5.97 Å². The van der Waals surface area contributed by atoms with Crippen LogP contribution >= 0.6 is 12.6 Å². The maximum absolute atomic E-state index is 12.4. The van der Waals surface area contributed by atoms with Gasteiger partial charge in [-0.05, 0) is 18.9 Å². The van der Waals surface area contributed by atoms with Crippen LogP contribution in [0.25, 0.3) is 0 Å². The Morgan fingerprint density at radius 2 is 1.55 bits per heavy atom. The molecular formula is C19H27N5O6S. The zero-order valence-electron chi connectivity index (χ0n) is 16.9. The van der Waals surface area contributed by atoms with E-state index in [-0.39, 0.29) is 12.2 Å². The summed E-state index contributed by atoms with van der Waals surface area (Å²) < 4.78 is 0. The highest BCUT2D eigenvalue weighted by Crippen LogP contribution is 2.02. The number of primary amides is 1. The Bertz CT molecular complexity index is 806. The summed E-state index contributed by atoms with van der Waals surface area (Å²) in [4.78, 5) is 59.0. The number of carbonyl (C=O) groups excluding carboxylic acids is 4. The molecule has 4 amide bonds. The third-order valence-corrected chi connectivity index (χ3v) is 4.59. The Hall–Kier alpha value is -3.12. The van der Waals surface area contributed by atoms with Gasteiger partial charge in [0.15, 0.2) is 0 Å². The number of carboxylic acids is 1. The van der Waals surface area contributed by atoms with Crippen LogP contribution in [-0.4, -0.2) is 64.6 Å². The monoisotopic (exact) mass is 453 g/mol. The Kier molecular flexibility index (Phi) is 10.5. The normalized spacial score (nSPS) is 14.4. The Balaban J connectivity index is 2.63. The Labute approximate surface area is 184 Å². The van der Waals surface area contributed by atoms with Crippen LogP contribution in [0, 0.1) is 0 Å². The first kappa shape index (κ1) is 25.9. The Morgan fingerprint density at radius 3 is 2.06 bits per heavy atom. The third-order valence-electron chi connectivity index (χ3n) is 4.22. The fraction of sp³-hybridized carbons (Fsp3) is 0.421. The highest BCUT2D eigenvalue weighted by atomic mass is 32.1. The molecule has 1 aromatic rings. The second-order valence-corrected chi connectivity index (χ2v) is 7.21. The predicted molar refractivity (Wildman–Crippen MR) is 115 cm³/mol. The van der Waals surface area contributed by atoms with Gasteiger partial charge in [0.1, 0.15) is 18.1 Å². The number of benzene rings is 1. The van der Waals surface area contributed by atoms with Crippen molar-refractivity contribution in [3.05, 3.63) is 35.9 Å². The summed E-state index contributed by atoms with van der Waals surface area (Å²) in [6.45, 7) is 1.41. The number of hydrogen-bond acceptors (Lipinski definition) is 7. The molecule has 0 fully saturated rings. The molecule has 0 aromatic heterocycles. The van der Waals surface area contributed by atoms with Crippen LogP contribution in [0.4, 0.5) is 0 Å². The van der Waals surface area contributed by atoms with Gasteiger partial charge < -0.3 is 32.5 Å². The van der Waals surface area contributed by atoms with Crippen molar-refractivity contribution in [3.63, 3.8) is 0 Å². The standard InChI is InChI=1S/C19H27N5O6S/c1-10(22-17(27)12(20)7-11-5-3-2-4-6-11)16(26)24-14(9-31)18(28)23-13(19(29)30)8-15(21)25/h2-6,10,12-14,31H,7-9,20H2,1H3,(H2,21,25)(H,22,27)(H,23,28)(H,24,26)(H,29,30). The Morgan fingerprint density at radius 1 is 0.968 bits per heavy atom. The van der Waals surface area contributed by atoms with E-state index in [1.165, 1.54) is 6.92 Å². The molecule has 0 saturated heterocycles. The lowest BCUT2D eigenvalue weighted by Gasteiger charge is -2.22. The van der Waals surface area contributed by atoms with Crippen LogP contribution in [0.5, 0.6) is 0 Å². The quantitative estimate of drug-likeness (QED) is 0.176. The fourth-order valence-electron chi connectivity index (χ4n) is 2.51. The lowest BCUT2D eigenvalue weighted by atomic mass is 10.1. The number of thiol groups is 1. The molecule has 0 aliphatic rings. The molecule has 12 heteroatoms. The van der Waals surface area contributed by atoms with Gasteiger partial charge in [-0.3, -0.25) is 19.2 Å². The van der Waals surface area contributed by atoms with Crippen LogP contribution in [0.3, 0.4) is 0 Å². The summed E-state index contributed by atoms with van der Waals surface area (Å²) >= 11 is 3.98. The van der Waals surface area contributed by atoms with Crippen LogP contribution in [0.15, 0.2) is 30.3 Å². The van der Waals surface area contributed by atoms with Crippen molar-refractivity contribution in [1.29, 1.82) is 0 Å². The topological polar surface area (TPSA) is 194 Å². The SMILES string of the molecule is CC(NC(=O)C(N)Cc1ccccc1)C(=O)NC(CS)C(=O)NC(CC(N)=O)C(=O)O. The van der Waals surface area contributed by atoms with Crippen LogP contribution in [0.1, 0.15) is 18.9 Å². The number of carboxylic acid groups (broad SMARTS) is 1. The summed E-state index contributed by atoms with van der Waals surface area (Å²) in [5, 5.41) is 16.0. The molecule has 0 saturated carbocycles. The van der Waals surface area contributed by atoms with Crippen molar-refractivity contribution in [3.8, 4) is 0 Å². The first-order chi connectivity index (χ1) is 14.5. The molecule has 8 N–H and O–H groups in total. The second kappa shape index (κ2) is 12.5. The van der Waals surface area contributed by atoms with E-state index in [2.05, 4.69) is 28.6 Å². The minimum absolute atomic E-state index is 0.158. The number of nitrogens with two attached hydrogens (primary N) is 2. The lowest BCUT2D eigenvalue weighted by molar-refractivity contribution is -0.143. The first-order valence-electron chi connectivity index (χ1n) is 9.37. The van der Waals surface area contributed by atoms with Gasteiger partial charge in [0.05, 0.1) is 12.5 Å². The summed E-state index contributed by atoms with van der Waals surface area (Å²) in [7, 11) is 0.